The lowest BCUT2D eigenvalue weighted by Crippen LogP contribution is -2.29. The van der Waals surface area contributed by atoms with Crippen molar-refractivity contribution in [2.75, 3.05) is 0 Å². The molecule has 0 spiro atoms. The number of hydrogen-bond acceptors (Lipinski definition) is 2. The molecule has 3 N–H and O–H groups in total. The van der Waals surface area contributed by atoms with Gasteiger partial charge in [0, 0.05) is 0 Å². The first-order valence-corrected chi connectivity index (χ1v) is 3.15. The van der Waals surface area contributed by atoms with Crippen LogP contribution in [0.25, 0.3) is 0 Å². The Bertz CT molecular complexity index is 148. The molecule has 0 fully saturated rings. The Morgan fingerprint density at radius 2 is 2.20 bits per heavy atom. The molecule has 0 aliphatic heterocycles. The van der Waals surface area contributed by atoms with Crippen LogP contribution in [0.4, 0.5) is 0 Å². The average Bonchev–Trinajstić information content (AvgIpc) is 1.82. The van der Waals surface area contributed by atoms with E-state index in [1.807, 2.05) is 19.9 Å². The Hall–Kier alpha value is -0.830. The highest BCUT2D eigenvalue weighted by Crippen LogP contribution is 1.95. The molecule has 0 aromatic heterocycles. The van der Waals surface area contributed by atoms with E-state index in [0.717, 1.165) is 5.57 Å². The second-order valence-electron chi connectivity index (χ2n) is 2.46. The third-order valence-corrected chi connectivity index (χ3v) is 1.10. The molecule has 10 heavy (non-hydrogen) atoms. The van der Waals surface area contributed by atoms with Gasteiger partial charge in [0.05, 0.1) is 0 Å². The molecule has 0 saturated carbocycles. The van der Waals surface area contributed by atoms with Crippen LogP contribution in [0.5, 0.6) is 0 Å². The van der Waals surface area contributed by atoms with Gasteiger partial charge in [-0.25, -0.2) is 0 Å². The van der Waals surface area contributed by atoms with Gasteiger partial charge in [0.15, 0.2) is 0 Å². The summed E-state index contributed by atoms with van der Waals surface area (Å²) in [5.74, 6) is -0.947. The van der Waals surface area contributed by atoms with Gasteiger partial charge in [-0.05, 0) is 20.3 Å². The predicted octanol–water partition coefficient (Wildman–Crippen LogP) is 0.755. The third-order valence-electron chi connectivity index (χ3n) is 1.10. The Balaban J connectivity index is 3.70. The molecule has 0 aromatic rings. The van der Waals surface area contributed by atoms with Gasteiger partial charge in [-0.15, -0.1) is 0 Å². The highest BCUT2D eigenvalue weighted by Gasteiger charge is 2.07. The summed E-state index contributed by atoms with van der Waals surface area (Å²) in [4.78, 5) is 10.2. The molecule has 0 amide bonds. The van der Waals surface area contributed by atoms with Crippen LogP contribution in [0, 0.1) is 0 Å². The normalized spacial score (nSPS) is 12.3. The Morgan fingerprint density at radius 1 is 1.70 bits per heavy atom. The van der Waals surface area contributed by atoms with Crippen molar-refractivity contribution < 1.29 is 9.90 Å². The minimum Gasteiger partial charge on any atom is -0.480 e. The van der Waals surface area contributed by atoms with Crippen LogP contribution in [0.3, 0.4) is 0 Å². The number of hydrogen-bond donors (Lipinski definition) is 2. The second kappa shape index (κ2) is 4.06. The van der Waals surface area contributed by atoms with Crippen LogP contribution in [-0.2, 0) is 4.79 Å². The van der Waals surface area contributed by atoms with E-state index in [9.17, 15) is 4.79 Å². The average molecular weight is 143 g/mol. The zero-order valence-corrected chi connectivity index (χ0v) is 6.29. The van der Waals surface area contributed by atoms with Gasteiger partial charge >= 0.3 is 5.97 Å². The number of carboxylic acids is 1. The fraction of sp³-hybridized carbons (Fsp3) is 0.571. The Labute approximate surface area is 60.5 Å². The molecule has 0 unspecified atom stereocenters. The van der Waals surface area contributed by atoms with Gasteiger partial charge in [-0.1, -0.05) is 11.6 Å². The van der Waals surface area contributed by atoms with Crippen LogP contribution in [0.1, 0.15) is 20.3 Å². The van der Waals surface area contributed by atoms with E-state index < -0.39 is 12.0 Å². The summed E-state index contributed by atoms with van der Waals surface area (Å²) in [6.45, 7) is 3.82. The summed E-state index contributed by atoms with van der Waals surface area (Å²) < 4.78 is 0. The van der Waals surface area contributed by atoms with Crippen LogP contribution in [0.2, 0.25) is 0 Å². The number of aliphatic carboxylic acids is 1. The molecule has 3 nitrogen and oxygen atoms in total. The molecule has 0 rings (SSSR count). The first-order chi connectivity index (χ1) is 4.54. The molecule has 3 heteroatoms. The number of allylic oxidation sites excluding steroid dienone is 1. The zero-order valence-electron chi connectivity index (χ0n) is 6.29. The number of carboxylic acid groups (broad SMARTS) is 1. The highest BCUT2D eigenvalue weighted by molar-refractivity contribution is 5.73. The summed E-state index contributed by atoms with van der Waals surface area (Å²) >= 11 is 0. The lowest BCUT2D eigenvalue weighted by Gasteiger charge is -2.00. The molecule has 0 saturated heterocycles. The van der Waals surface area contributed by atoms with Crippen molar-refractivity contribution in [1.29, 1.82) is 0 Å². The number of nitrogens with two attached hydrogens (primary N) is 1. The van der Waals surface area contributed by atoms with Crippen molar-refractivity contribution in [1.82, 2.24) is 0 Å². The van der Waals surface area contributed by atoms with E-state index in [1.165, 1.54) is 0 Å². The van der Waals surface area contributed by atoms with Crippen LogP contribution in [-0.4, -0.2) is 17.1 Å². The fourth-order valence-corrected chi connectivity index (χ4v) is 0.463. The van der Waals surface area contributed by atoms with Crippen LogP contribution < -0.4 is 5.73 Å². The lowest BCUT2D eigenvalue weighted by atomic mass is 10.2. The fourth-order valence-electron chi connectivity index (χ4n) is 0.463. The van der Waals surface area contributed by atoms with Crippen molar-refractivity contribution in [2.24, 2.45) is 5.73 Å². The van der Waals surface area contributed by atoms with Crippen molar-refractivity contribution >= 4 is 5.97 Å². The lowest BCUT2D eigenvalue weighted by molar-refractivity contribution is -0.138. The summed E-state index contributed by atoms with van der Waals surface area (Å²) in [6.07, 6.45) is 2.23. The van der Waals surface area contributed by atoms with Gasteiger partial charge in [0.2, 0.25) is 0 Å². The first-order valence-electron chi connectivity index (χ1n) is 3.15. The quantitative estimate of drug-likeness (QED) is 0.573. The third kappa shape index (κ3) is 4.09. The highest BCUT2D eigenvalue weighted by atomic mass is 16.4. The van der Waals surface area contributed by atoms with Gasteiger partial charge in [0.25, 0.3) is 0 Å². The summed E-state index contributed by atoms with van der Waals surface area (Å²) in [6, 6.07) is -0.755. The van der Waals surface area contributed by atoms with E-state index >= 15 is 0 Å². The molecule has 58 valence electrons. The molecule has 1 atom stereocenters. The monoisotopic (exact) mass is 143 g/mol. The van der Waals surface area contributed by atoms with E-state index in [0.29, 0.717) is 6.42 Å². The maximum absolute atomic E-state index is 10.2. The molecular formula is C7H13NO2. The van der Waals surface area contributed by atoms with Crippen molar-refractivity contribution in [3.05, 3.63) is 11.6 Å². The van der Waals surface area contributed by atoms with Crippen molar-refractivity contribution in [3.8, 4) is 0 Å². The topological polar surface area (TPSA) is 63.3 Å². The summed E-state index contributed by atoms with van der Waals surface area (Å²) in [5.41, 5.74) is 6.31. The largest absolute Gasteiger partial charge is 0.480 e. The van der Waals surface area contributed by atoms with Crippen molar-refractivity contribution in [3.63, 3.8) is 0 Å². The zero-order chi connectivity index (χ0) is 8.15. The standard InChI is InChI=1S/C7H13NO2/c1-5(2)3-4-6(8)7(9)10/h3,6H,4,8H2,1-2H3,(H,9,10)/t6-/m1/s1. The molecule has 0 radical (unpaired) electrons. The van der Waals surface area contributed by atoms with E-state index in [1.54, 1.807) is 0 Å². The second-order valence-corrected chi connectivity index (χ2v) is 2.46. The van der Waals surface area contributed by atoms with Crippen LogP contribution in [0.15, 0.2) is 11.6 Å². The maximum Gasteiger partial charge on any atom is 0.320 e. The Morgan fingerprint density at radius 3 is 2.50 bits per heavy atom. The van der Waals surface area contributed by atoms with Gasteiger partial charge in [0.1, 0.15) is 6.04 Å². The number of rotatable bonds is 3. The summed E-state index contributed by atoms with van der Waals surface area (Å²) in [5, 5.41) is 8.34. The molecule has 0 aliphatic rings. The smallest absolute Gasteiger partial charge is 0.320 e. The molecule has 0 aromatic carbocycles. The first kappa shape index (κ1) is 9.17. The number of carbonyl (C=O) groups is 1. The molecule has 0 heterocycles. The minimum absolute atomic E-state index is 0.414. The summed E-state index contributed by atoms with van der Waals surface area (Å²) in [7, 11) is 0. The molecular weight excluding hydrogens is 130 g/mol. The molecule has 0 aliphatic carbocycles. The van der Waals surface area contributed by atoms with E-state index in [2.05, 4.69) is 0 Å². The SMILES string of the molecule is CC(C)=CC[C@@H](N)C(=O)O. The van der Waals surface area contributed by atoms with E-state index in [4.69, 9.17) is 10.8 Å². The Kier molecular flexibility index (Phi) is 3.72. The van der Waals surface area contributed by atoms with Gasteiger partial charge < -0.3 is 10.8 Å². The van der Waals surface area contributed by atoms with Gasteiger partial charge in [-0.2, -0.15) is 0 Å². The molecule has 0 bridgehead atoms. The van der Waals surface area contributed by atoms with E-state index in [-0.39, 0.29) is 0 Å². The minimum atomic E-state index is -0.947. The maximum atomic E-state index is 10.2. The van der Waals surface area contributed by atoms with Crippen molar-refractivity contribution in [2.45, 2.75) is 26.3 Å². The van der Waals surface area contributed by atoms with Crippen LogP contribution >= 0.6 is 0 Å². The predicted molar refractivity (Wildman–Crippen MR) is 39.7 cm³/mol. The van der Waals surface area contributed by atoms with Gasteiger partial charge in [-0.3, -0.25) is 4.79 Å².